The van der Waals surface area contributed by atoms with Crippen LogP contribution < -0.4 is 0 Å². The van der Waals surface area contributed by atoms with Crippen LogP contribution in [0.5, 0.6) is 0 Å². The van der Waals surface area contributed by atoms with E-state index in [9.17, 15) is 9.59 Å². The quantitative estimate of drug-likeness (QED) is 0.333. The highest BCUT2D eigenvalue weighted by atomic mass is 16.4. The molecule has 0 rings (SSSR count). The van der Waals surface area contributed by atoms with Gasteiger partial charge in [-0.3, -0.25) is 0 Å². The van der Waals surface area contributed by atoms with Crippen molar-refractivity contribution < 1.29 is 19.8 Å². The maximum Gasteiger partial charge on any atom is 0.327 e. The molecule has 4 heteroatoms. The molecule has 0 heterocycles. The zero-order valence-electron chi connectivity index (χ0n) is 21.3. The summed E-state index contributed by atoms with van der Waals surface area (Å²) in [6.45, 7) is 42.7. The van der Waals surface area contributed by atoms with E-state index < -0.39 is 11.9 Å². The van der Waals surface area contributed by atoms with E-state index in [4.69, 9.17) is 10.2 Å². The number of hydrogen-bond acceptors (Lipinski definition) is 2. The number of carbonyl (C=O) groups is 2. The molecule has 0 unspecified atom stereocenters. The predicted octanol–water partition coefficient (Wildman–Crippen LogP) is 8.86. The third-order valence-electron chi connectivity index (χ3n) is 0.349. The zero-order valence-corrected chi connectivity index (χ0v) is 21.3. The minimum atomic E-state index is -0.981. The van der Waals surface area contributed by atoms with Gasteiger partial charge >= 0.3 is 11.9 Å². The van der Waals surface area contributed by atoms with E-state index in [1.54, 1.807) is 42.5 Å². The van der Waals surface area contributed by atoms with Crippen LogP contribution in [0.4, 0.5) is 0 Å². The molecule has 182 valence electrons. The topological polar surface area (TPSA) is 74.6 Å². The molecule has 0 radical (unpaired) electrons. The van der Waals surface area contributed by atoms with Crippen molar-refractivity contribution >= 4 is 11.9 Å². The highest BCUT2D eigenvalue weighted by Crippen LogP contribution is 1.55. The van der Waals surface area contributed by atoms with Crippen LogP contribution in [0.3, 0.4) is 0 Å². The van der Waals surface area contributed by atoms with Gasteiger partial charge in [0.25, 0.3) is 0 Å². The predicted molar refractivity (Wildman–Crippen MR) is 147 cm³/mol. The first-order valence-electron chi connectivity index (χ1n) is 9.15. The van der Waals surface area contributed by atoms with Crippen LogP contribution in [0, 0.1) is 0 Å². The molecule has 0 spiro atoms. The Morgan fingerprint density at radius 2 is 0.452 bits per heavy atom. The Hall–Kier alpha value is -3.40. The summed E-state index contributed by atoms with van der Waals surface area (Å²) in [7, 11) is 0. The van der Waals surface area contributed by atoms with Crippen LogP contribution >= 0.6 is 0 Å². The molecular weight excluding hydrogens is 388 g/mol. The summed E-state index contributed by atoms with van der Waals surface area (Å²) in [4.78, 5) is 18.5. The van der Waals surface area contributed by atoms with Crippen molar-refractivity contribution in [2.45, 2.75) is 48.5 Å². The fourth-order valence-electron chi connectivity index (χ4n) is 0. The molecule has 0 bridgehead atoms. The highest BCUT2D eigenvalue weighted by Gasteiger charge is 1.73. The first-order valence-corrected chi connectivity index (χ1v) is 9.15. The number of carboxylic acid groups (broad SMARTS) is 2. The van der Waals surface area contributed by atoms with Crippen LogP contribution in [0.1, 0.15) is 48.5 Å². The summed E-state index contributed by atoms with van der Waals surface area (Å²) >= 11 is 0. The zero-order chi connectivity index (χ0) is 27.5. The second-order valence-corrected chi connectivity index (χ2v) is 3.94. The van der Waals surface area contributed by atoms with Gasteiger partial charge in [-0.05, 0) is 48.5 Å². The highest BCUT2D eigenvalue weighted by molar-refractivity contribution is 5.79. The maximum absolute atomic E-state index is 9.25. The first-order chi connectivity index (χ1) is 14.4. The summed E-state index contributed by atoms with van der Waals surface area (Å²) in [5.41, 5.74) is 0. The lowest BCUT2D eigenvalue weighted by molar-refractivity contribution is -0.132. The fourth-order valence-corrected chi connectivity index (χ4v) is 0. The monoisotopic (exact) mass is 438 g/mol. The van der Waals surface area contributed by atoms with E-state index in [1.165, 1.54) is 0 Å². The molecule has 0 aliphatic heterocycles. The summed E-state index contributed by atoms with van der Waals surface area (Å²) in [5.74, 6) is -1.96. The van der Waals surface area contributed by atoms with Gasteiger partial charge in [-0.2, -0.15) is 0 Å². The third kappa shape index (κ3) is 44700. The van der Waals surface area contributed by atoms with Gasteiger partial charge in [0.2, 0.25) is 0 Å². The van der Waals surface area contributed by atoms with E-state index >= 15 is 0 Å². The number of aliphatic carboxylic acids is 2. The average molecular weight is 439 g/mol. The molecule has 0 amide bonds. The van der Waals surface area contributed by atoms with Crippen molar-refractivity contribution in [3.8, 4) is 0 Å². The second kappa shape index (κ2) is 130. The standard InChI is InChI=1S/2C3H4O2.7C3H6/c2*1-2-3(4)5;7*1-3-2/h2*2H,1H2,(H,4,5);7*3H,1H2,2H3. The van der Waals surface area contributed by atoms with Crippen LogP contribution in [0.2, 0.25) is 0 Å². The van der Waals surface area contributed by atoms with Crippen molar-refractivity contribution in [3.63, 3.8) is 0 Å². The van der Waals surface area contributed by atoms with Gasteiger partial charge in [0, 0.05) is 12.2 Å². The minimum absolute atomic E-state index is 0.833. The Morgan fingerprint density at radius 3 is 0.452 bits per heavy atom. The number of rotatable bonds is 2. The molecule has 0 saturated carbocycles. The van der Waals surface area contributed by atoms with Crippen LogP contribution in [-0.2, 0) is 9.59 Å². The van der Waals surface area contributed by atoms with E-state index in [-0.39, 0.29) is 0 Å². The molecule has 0 aromatic heterocycles. The van der Waals surface area contributed by atoms with Crippen molar-refractivity contribution in [2.75, 3.05) is 0 Å². The molecule has 2 N–H and O–H groups in total. The number of carboxylic acids is 2. The third-order valence-corrected chi connectivity index (χ3v) is 0.349. The smallest absolute Gasteiger partial charge is 0.327 e. The van der Waals surface area contributed by atoms with Crippen LogP contribution in [-0.4, -0.2) is 22.2 Å². The molecule has 31 heavy (non-hydrogen) atoms. The van der Waals surface area contributed by atoms with E-state index in [2.05, 4.69) is 59.2 Å². The molecule has 0 aliphatic rings. The summed E-state index contributed by atoms with van der Waals surface area (Å²) in [6, 6.07) is 0. The Kier molecular flexibility index (Phi) is 236. The summed E-state index contributed by atoms with van der Waals surface area (Å²) in [5, 5.41) is 15.2. The normalized spacial score (nSPS) is 5.00. The van der Waals surface area contributed by atoms with Gasteiger partial charge in [-0.25, -0.2) is 9.59 Å². The van der Waals surface area contributed by atoms with Gasteiger partial charge in [0.05, 0.1) is 0 Å². The van der Waals surface area contributed by atoms with Gasteiger partial charge in [0.1, 0.15) is 0 Å². The van der Waals surface area contributed by atoms with E-state index in [0.717, 1.165) is 12.2 Å². The number of hydrogen-bond donors (Lipinski definition) is 2. The summed E-state index contributed by atoms with van der Waals surface area (Å²) < 4.78 is 0. The lowest BCUT2D eigenvalue weighted by atomic mass is 10.7. The van der Waals surface area contributed by atoms with Crippen molar-refractivity contribution in [1.82, 2.24) is 0 Å². The molecule has 0 atom stereocenters. The molecule has 0 aromatic rings. The van der Waals surface area contributed by atoms with Crippen LogP contribution in [0.15, 0.2) is 114 Å². The first kappa shape index (κ1) is 56.4. The largest absolute Gasteiger partial charge is 0.478 e. The summed E-state index contributed by atoms with van der Waals surface area (Å²) in [6.07, 6.45) is 13.9. The van der Waals surface area contributed by atoms with Gasteiger partial charge in [-0.15, -0.1) is 46.1 Å². The van der Waals surface area contributed by atoms with Gasteiger partial charge < -0.3 is 10.2 Å². The van der Waals surface area contributed by atoms with Crippen molar-refractivity contribution in [2.24, 2.45) is 0 Å². The molecule has 0 aliphatic carbocycles. The Labute approximate surface area is 194 Å². The minimum Gasteiger partial charge on any atom is -0.478 e. The number of allylic oxidation sites excluding steroid dienone is 7. The second-order valence-electron chi connectivity index (χ2n) is 3.94. The lowest BCUT2D eigenvalue weighted by Gasteiger charge is -1.64. The van der Waals surface area contributed by atoms with Crippen molar-refractivity contribution in [3.05, 3.63) is 114 Å². The fraction of sp³-hybridized carbons (Fsp3) is 0.259. The lowest BCUT2D eigenvalue weighted by Crippen LogP contribution is -1.82. The molecule has 0 aromatic carbocycles. The molecular formula is C27H50O4. The van der Waals surface area contributed by atoms with Crippen molar-refractivity contribution in [1.29, 1.82) is 0 Å². The van der Waals surface area contributed by atoms with Gasteiger partial charge in [-0.1, -0.05) is 55.7 Å². The maximum atomic E-state index is 9.25. The molecule has 0 saturated heterocycles. The SMILES string of the molecule is C=CC.C=CC.C=CC.C=CC.C=CC.C=CC.C=CC.C=CC(=O)O.C=CC(=O)O. The van der Waals surface area contributed by atoms with E-state index in [1.807, 2.05) is 48.5 Å². The Balaban J connectivity index is -0.0000000254. The Bertz CT molecular complexity index is 327. The average Bonchev–Trinajstić information content (AvgIpc) is 2.67. The molecule has 0 fully saturated rings. The van der Waals surface area contributed by atoms with Gasteiger partial charge in [0.15, 0.2) is 0 Å². The van der Waals surface area contributed by atoms with Crippen LogP contribution in [0.25, 0.3) is 0 Å². The molecule has 4 nitrogen and oxygen atoms in total. The Morgan fingerprint density at radius 1 is 0.419 bits per heavy atom. The van der Waals surface area contributed by atoms with E-state index in [0.29, 0.717) is 0 Å².